The molecular formula is C14H20ClN3S. The zero-order chi connectivity index (χ0) is 13.7. The van der Waals surface area contributed by atoms with Crippen LogP contribution in [-0.4, -0.2) is 36.1 Å². The molecule has 1 heterocycles. The standard InChI is InChI=1S/C14H20ClN3S/c15-11-4-5-13(12(10-11)14(16)19)17-6-9-18-7-2-1-3-8-18/h4-5,10,17H,1-3,6-9H2,(H2,16,19). The number of hydrogen-bond donors (Lipinski definition) is 2. The van der Waals surface area contributed by atoms with E-state index in [1.807, 2.05) is 18.2 Å². The summed E-state index contributed by atoms with van der Waals surface area (Å²) in [5.41, 5.74) is 7.51. The van der Waals surface area contributed by atoms with Crippen LogP contribution in [0.3, 0.4) is 0 Å². The number of thiocarbonyl (C=S) groups is 1. The van der Waals surface area contributed by atoms with Crippen molar-refractivity contribution in [3.63, 3.8) is 0 Å². The molecule has 0 aromatic heterocycles. The van der Waals surface area contributed by atoms with Crippen LogP contribution in [0, 0.1) is 0 Å². The van der Waals surface area contributed by atoms with Gasteiger partial charge in [-0.1, -0.05) is 30.2 Å². The Kier molecular flexibility index (Phi) is 5.43. The number of rotatable bonds is 5. The molecule has 1 aromatic rings. The van der Waals surface area contributed by atoms with E-state index in [-0.39, 0.29) is 0 Å². The van der Waals surface area contributed by atoms with E-state index in [4.69, 9.17) is 29.6 Å². The largest absolute Gasteiger partial charge is 0.389 e. The average molecular weight is 298 g/mol. The molecular weight excluding hydrogens is 278 g/mol. The van der Waals surface area contributed by atoms with Crippen molar-refractivity contribution < 1.29 is 0 Å². The molecule has 0 atom stereocenters. The van der Waals surface area contributed by atoms with E-state index in [0.717, 1.165) is 24.3 Å². The van der Waals surface area contributed by atoms with Crippen LogP contribution < -0.4 is 11.1 Å². The van der Waals surface area contributed by atoms with E-state index < -0.39 is 0 Å². The molecule has 3 N–H and O–H groups in total. The molecule has 19 heavy (non-hydrogen) atoms. The molecule has 3 nitrogen and oxygen atoms in total. The van der Waals surface area contributed by atoms with Gasteiger partial charge < -0.3 is 16.0 Å². The molecule has 0 spiro atoms. The molecule has 2 rings (SSSR count). The number of benzene rings is 1. The Balaban J connectivity index is 1.89. The number of piperidine rings is 1. The third-order valence-corrected chi connectivity index (χ3v) is 3.89. The van der Waals surface area contributed by atoms with Crippen molar-refractivity contribution in [2.75, 3.05) is 31.5 Å². The number of anilines is 1. The Morgan fingerprint density at radius 1 is 1.32 bits per heavy atom. The van der Waals surface area contributed by atoms with Gasteiger partial charge in [-0.2, -0.15) is 0 Å². The first kappa shape index (κ1) is 14.6. The zero-order valence-corrected chi connectivity index (χ0v) is 12.6. The Bertz CT molecular complexity index is 444. The van der Waals surface area contributed by atoms with E-state index in [1.165, 1.54) is 32.4 Å². The van der Waals surface area contributed by atoms with Gasteiger partial charge in [-0.05, 0) is 44.1 Å². The average Bonchev–Trinajstić information content (AvgIpc) is 2.41. The first-order valence-electron chi connectivity index (χ1n) is 6.72. The lowest BCUT2D eigenvalue weighted by Crippen LogP contribution is -2.33. The van der Waals surface area contributed by atoms with Crippen molar-refractivity contribution in [1.82, 2.24) is 4.90 Å². The normalized spacial score (nSPS) is 16.3. The van der Waals surface area contributed by atoms with Crippen molar-refractivity contribution in [1.29, 1.82) is 0 Å². The van der Waals surface area contributed by atoms with Gasteiger partial charge in [-0.25, -0.2) is 0 Å². The SMILES string of the molecule is NC(=S)c1cc(Cl)ccc1NCCN1CCCCC1. The van der Waals surface area contributed by atoms with E-state index >= 15 is 0 Å². The Hall–Kier alpha value is -0.840. The van der Waals surface area contributed by atoms with Crippen LogP contribution >= 0.6 is 23.8 Å². The minimum Gasteiger partial charge on any atom is -0.389 e. The van der Waals surface area contributed by atoms with Crippen molar-refractivity contribution >= 4 is 34.5 Å². The van der Waals surface area contributed by atoms with Gasteiger partial charge in [0.05, 0.1) is 0 Å². The van der Waals surface area contributed by atoms with Crippen LogP contribution in [0.15, 0.2) is 18.2 Å². The minimum atomic E-state index is 0.378. The van der Waals surface area contributed by atoms with Crippen molar-refractivity contribution in [2.45, 2.75) is 19.3 Å². The maximum atomic E-state index is 5.97. The molecule has 0 amide bonds. The highest BCUT2D eigenvalue weighted by Crippen LogP contribution is 2.20. The monoisotopic (exact) mass is 297 g/mol. The highest BCUT2D eigenvalue weighted by Gasteiger charge is 2.10. The van der Waals surface area contributed by atoms with Gasteiger partial charge in [0, 0.05) is 29.4 Å². The number of nitrogens with two attached hydrogens (primary N) is 1. The molecule has 0 aliphatic carbocycles. The van der Waals surface area contributed by atoms with Crippen molar-refractivity contribution in [3.8, 4) is 0 Å². The van der Waals surface area contributed by atoms with Crippen LogP contribution in [0.2, 0.25) is 5.02 Å². The number of hydrogen-bond acceptors (Lipinski definition) is 3. The summed E-state index contributed by atoms with van der Waals surface area (Å²) >= 11 is 11.0. The van der Waals surface area contributed by atoms with Gasteiger partial charge in [-0.3, -0.25) is 0 Å². The van der Waals surface area contributed by atoms with E-state index in [2.05, 4.69) is 10.2 Å². The smallest absolute Gasteiger partial charge is 0.106 e. The van der Waals surface area contributed by atoms with Gasteiger partial charge in [0.1, 0.15) is 4.99 Å². The fraction of sp³-hybridized carbons (Fsp3) is 0.500. The van der Waals surface area contributed by atoms with Gasteiger partial charge >= 0.3 is 0 Å². The van der Waals surface area contributed by atoms with Gasteiger partial charge in [-0.15, -0.1) is 0 Å². The fourth-order valence-electron chi connectivity index (χ4n) is 2.41. The Morgan fingerprint density at radius 2 is 2.05 bits per heavy atom. The van der Waals surface area contributed by atoms with Crippen LogP contribution in [-0.2, 0) is 0 Å². The quantitative estimate of drug-likeness (QED) is 0.820. The second kappa shape index (κ2) is 7.08. The summed E-state index contributed by atoms with van der Waals surface area (Å²) in [7, 11) is 0. The molecule has 0 unspecified atom stereocenters. The molecule has 1 aliphatic heterocycles. The summed E-state index contributed by atoms with van der Waals surface area (Å²) in [5.74, 6) is 0. The van der Waals surface area contributed by atoms with E-state index in [9.17, 15) is 0 Å². The lowest BCUT2D eigenvalue weighted by atomic mass is 10.1. The molecule has 0 saturated carbocycles. The Labute approximate surface area is 125 Å². The number of halogens is 1. The summed E-state index contributed by atoms with van der Waals surface area (Å²) in [6, 6.07) is 5.60. The van der Waals surface area contributed by atoms with Gasteiger partial charge in [0.15, 0.2) is 0 Å². The van der Waals surface area contributed by atoms with E-state index in [0.29, 0.717) is 10.0 Å². The highest BCUT2D eigenvalue weighted by molar-refractivity contribution is 7.80. The second-order valence-electron chi connectivity index (χ2n) is 4.88. The molecule has 1 saturated heterocycles. The Morgan fingerprint density at radius 3 is 2.74 bits per heavy atom. The molecule has 1 fully saturated rings. The summed E-state index contributed by atoms with van der Waals surface area (Å²) in [4.78, 5) is 2.87. The van der Waals surface area contributed by atoms with Gasteiger partial charge in [0.25, 0.3) is 0 Å². The lowest BCUT2D eigenvalue weighted by molar-refractivity contribution is 0.237. The second-order valence-corrected chi connectivity index (χ2v) is 5.76. The maximum Gasteiger partial charge on any atom is 0.106 e. The lowest BCUT2D eigenvalue weighted by Gasteiger charge is -2.26. The third kappa shape index (κ3) is 4.34. The predicted octanol–water partition coefficient (Wildman–Crippen LogP) is 2.87. The maximum absolute atomic E-state index is 5.97. The van der Waals surface area contributed by atoms with Crippen molar-refractivity contribution in [3.05, 3.63) is 28.8 Å². The molecule has 0 bridgehead atoms. The number of nitrogens with zero attached hydrogens (tertiary/aromatic N) is 1. The van der Waals surface area contributed by atoms with Crippen LogP contribution in [0.25, 0.3) is 0 Å². The minimum absolute atomic E-state index is 0.378. The van der Waals surface area contributed by atoms with Crippen LogP contribution in [0.4, 0.5) is 5.69 Å². The molecule has 104 valence electrons. The number of nitrogens with one attached hydrogen (secondary N) is 1. The van der Waals surface area contributed by atoms with E-state index in [1.54, 1.807) is 0 Å². The highest BCUT2D eigenvalue weighted by atomic mass is 35.5. The topological polar surface area (TPSA) is 41.3 Å². The first-order valence-corrected chi connectivity index (χ1v) is 7.51. The molecule has 0 radical (unpaired) electrons. The zero-order valence-electron chi connectivity index (χ0n) is 11.0. The van der Waals surface area contributed by atoms with Crippen LogP contribution in [0.1, 0.15) is 24.8 Å². The fourth-order valence-corrected chi connectivity index (χ4v) is 2.75. The summed E-state index contributed by atoms with van der Waals surface area (Å²) in [6.07, 6.45) is 4.00. The molecule has 1 aliphatic rings. The number of likely N-dealkylation sites (tertiary alicyclic amines) is 1. The summed E-state index contributed by atoms with van der Waals surface area (Å²) < 4.78 is 0. The predicted molar refractivity (Wildman–Crippen MR) is 86.1 cm³/mol. The third-order valence-electron chi connectivity index (χ3n) is 3.44. The summed E-state index contributed by atoms with van der Waals surface area (Å²) in [5, 5.41) is 4.06. The van der Waals surface area contributed by atoms with Crippen molar-refractivity contribution in [2.24, 2.45) is 5.73 Å². The van der Waals surface area contributed by atoms with Crippen LogP contribution in [0.5, 0.6) is 0 Å². The molecule has 5 heteroatoms. The van der Waals surface area contributed by atoms with Gasteiger partial charge in [0.2, 0.25) is 0 Å². The summed E-state index contributed by atoms with van der Waals surface area (Å²) in [6.45, 7) is 4.38. The first-order chi connectivity index (χ1) is 9.16. The molecule has 1 aromatic carbocycles.